The van der Waals surface area contributed by atoms with Gasteiger partial charge in [-0.3, -0.25) is 14.4 Å². The fourth-order valence-corrected chi connectivity index (χ4v) is 4.49. The maximum absolute atomic E-state index is 13.6. The van der Waals surface area contributed by atoms with Crippen molar-refractivity contribution in [3.05, 3.63) is 51.4 Å². The van der Waals surface area contributed by atoms with E-state index in [9.17, 15) is 28.0 Å². The van der Waals surface area contributed by atoms with Crippen LogP contribution in [-0.4, -0.2) is 43.5 Å². The maximum atomic E-state index is 13.6. The summed E-state index contributed by atoms with van der Waals surface area (Å²) in [6.45, 7) is 0.613. The van der Waals surface area contributed by atoms with Gasteiger partial charge < -0.3 is 20.1 Å². The highest BCUT2D eigenvalue weighted by Crippen LogP contribution is 2.39. The third kappa shape index (κ3) is 5.47. The Morgan fingerprint density at radius 1 is 1.12 bits per heavy atom. The van der Waals surface area contributed by atoms with Crippen LogP contribution in [0.3, 0.4) is 0 Å². The molecule has 0 radical (unpaired) electrons. The van der Waals surface area contributed by atoms with Crippen LogP contribution < -0.4 is 10.6 Å². The summed E-state index contributed by atoms with van der Waals surface area (Å²) in [6, 6.07) is 2.40. The number of hydrogen-bond acceptors (Lipinski definition) is 7. The van der Waals surface area contributed by atoms with Crippen molar-refractivity contribution in [2.24, 2.45) is 0 Å². The predicted molar refractivity (Wildman–Crippen MR) is 111 cm³/mol. The van der Waals surface area contributed by atoms with Gasteiger partial charge in [0.2, 0.25) is 0 Å². The van der Waals surface area contributed by atoms with Gasteiger partial charge >= 0.3 is 11.9 Å². The standard InChI is InChI=1S/C21H20F2N2O6S/c1-2-30-21(29)18-13-4-3-5-15(13)32-20(18)25-16(26)10-31-17(27)9-24-19(28)12-7-6-11(22)8-14(12)23/h6-8H,2-5,9-10H2,1H3,(H,24,28)(H,25,26). The minimum atomic E-state index is -1.07. The molecular weight excluding hydrogens is 446 g/mol. The van der Waals surface area contributed by atoms with Crippen molar-refractivity contribution < 1.29 is 37.4 Å². The highest BCUT2D eigenvalue weighted by Gasteiger charge is 2.28. The van der Waals surface area contributed by atoms with Crippen LogP contribution in [0.15, 0.2) is 18.2 Å². The Labute approximate surface area is 185 Å². The molecule has 0 atom stereocenters. The van der Waals surface area contributed by atoms with E-state index >= 15 is 0 Å². The minimum Gasteiger partial charge on any atom is -0.462 e. The van der Waals surface area contributed by atoms with Gasteiger partial charge in [-0.2, -0.15) is 0 Å². The first kappa shape index (κ1) is 23.3. The number of carbonyl (C=O) groups is 4. The van der Waals surface area contributed by atoms with Gasteiger partial charge in [0.05, 0.1) is 17.7 Å². The Morgan fingerprint density at radius 2 is 1.91 bits per heavy atom. The number of fused-ring (bicyclic) bond motifs is 1. The smallest absolute Gasteiger partial charge is 0.341 e. The molecule has 32 heavy (non-hydrogen) atoms. The van der Waals surface area contributed by atoms with Crippen molar-refractivity contribution in [2.75, 3.05) is 25.1 Å². The maximum Gasteiger partial charge on any atom is 0.341 e. The van der Waals surface area contributed by atoms with Crippen LogP contribution in [0, 0.1) is 11.6 Å². The molecule has 3 rings (SSSR count). The second-order valence-corrected chi connectivity index (χ2v) is 7.90. The monoisotopic (exact) mass is 466 g/mol. The number of amides is 2. The van der Waals surface area contributed by atoms with Gasteiger partial charge in [0, 0.05) is 10.9 Å². The third-order valence-electron chi connectivity index (χ3n) is 4.59. The minimum absolute atomic E-state index is 0.196. The molecule has 0 saturated heterocycles. The molecule has 0 bridgehead atoms. The number of halogens is 2. The summed E-state index contributed by atoms with van der Waals surface area (Å²) in [6.07, 6.45) is 2.46. The largest absolute Gasteiger partial charge is 0.462 e. The highest BCUT2D eigenvalue weighted by molar-refractivity contribution is 7.17. The van der Waals surface area contributed by atoms with Crippen LogP contribution in [0.25, 0.3) is 0 Å². The molecule has 1 aromatic heterocycles. The SMILES string of the molecule is CCOC(=O)c1c(NC(=O)COC(=O)CNC(=O)c2ccc(F)cc2F)sc2c1CCC2. The van der Waals surface area contributed by atoms with Crippen LogP contribution in [0.2, 0.25) is 0 Å². The Hall–Kier alpha value is -3.34. The van der Waals surface area contributed by atoms with E-state index in [2.05, 4.69) is 10.6 Å². The number of carbonyl (C=O) groups excluding carboxylic acids is 4. The Balaban J connectivity index is 1.51. The van der Waals surface area contributed by atoms with Crippen LogP contribution in [0.5, 0.6) is 0 Å². The summed E-state index contributed by atoms with van der Waals surface area (Å²) >= 11 is 1.29. The average molecular weight is 466 g/mol. The topological polar surface area (TPSA) is 111 Å². The highest BCUT2D eigenvalue weighted by atomic mass is 32.1. The second kappa shape index (κ2) is 10.3. The summed E-state index contributed by atoms with van der Waals surface area (Å²) < 4.78 is 36.4. The Bertz CT molecular complexity index is 1070. The second-order valence-electron chi connectivity index (χ2n) is 6.80. The molecule has 1 heterocycles. The molecule has 1 aliphatic rings. The molecule has 0 fully saturated rings. The van der Waals surface area contributed by atoms with Gasteiger partial charge in [0.25, 0.3) is 11.8 Å². The molecule has 1 aliphatic carbocycles. The normalized spacial score (nSPS) is 12.1. The summed E-state index contributed by atoms with van der Waals surface area (Å²) in [7, 11) is 0. The van der Waals surface area contributed by atoms with Crippen LogP contribution >= 0.6 is 11.3 Å². The number of hydrogen-bond donors (Lipinski definition) is 2. The molecule has 0 saturated carbocycles. The molecular formula is C21H20F2N2O6S. The summed E-state index contributed by atoms with van der Waals surface area (Å²) in [5.41, 5.74) is 0.767. The van der Waals surface area contributed by atoms with Crippen molar-refractivity contribution >= 4 is 40.1 Å². The summed E-state index contributed by atoms with van der Waals surface area (Å²) in [5.74, 6) is -4.97. The van der Waals surface area contributed by atoms with Crippen LogP contribution in [0.4, 0.5) is 13.8 Å². The van der Waals surface area contributed by atoms with Crippen molar-refractivity contribution in [1.82, 2.24) is 5.32 Å². The van der Waals surface area contributed by atoms with E-state index in [1.165, 1.54) is 11.3 Å². The average Bonchev–Trinajstić information content (AvgIpc) is 3.31. The molecule has 1 aromatic carbocycles. The lowest BCUT2D eigenvalue weighted by molar-refractivity contribution is -0.146. The summed E-state index contributed by atoms with van der Waals surface area (Å²) in [4.78, 5) is 49.2. The van der Waals surface area contributed by atoms with E-state index < -0.39 is 54.1 Å². The van der Waals surface area contributed by atoms with Gasteiger partial charge in [-0.05, 0) is 43.9 Å². The van der Waals surface area contributed by atoms with Crippen LogP contribution in [0.1, 0.15) is 44.5 Å². The molecule has 2 aromatic rings. The molecule has 0 spiro atoms. The molecule has 2 N–H and O–H groups in total. The molecule has 11 heteroatoms. The zero-order valence-electron chi connectivity index (χ0n) is 17.1. The fraction of sp³-hybridized carbons (Fsp3) is 0.333. The molecule has 8 nitrogen and oxygen atoms in total. The number of anilines is 1. The van der Waals surface area contributed by atoms with E-state index in [4.69, 9.17) is 9.47 Å². The number of rotatable bonds is 8. The molecule has 170 valence electrons. The van der Waals surface area contributed by atoms with Gasteiger partial charge in [0.15, 0.2) is 6.61 Å². The molecule has 2 amide bonds. The van der Waals surface area contributed by atoms with Crippen molar-refractivity contribution in [1.29, 1.82) is 0 Å². The number of ether oxygens (including phenoxy) is 2. The molecule has 0 unspecified atom stereocenters. The lowest BCUT2D eigenvalue weighted by atomic mass is 10.1. The number of nitrogens with one attached hydrogen (secondary N) is 2. The molecule has 0 aliphatic heterocycles. The Kier molecular flexibility index (Phi) is 7.52. The number of benzene rings is 1. The van der Waals surface area contributed by atoms with E-state index in [1.807, 2.05) is 0 Å². The van der Waals surface area contributed by atoms with E-state index in [0.29, 0.717) is 16.6 Å². The third-order valence-corrected chi connectivity index (χ3v) is 5.79. The van der Waals surface area contributed by atoms with Crippen molar-refractivity contribution in [3.8, 4) is 0 Å². The van der Waals surface area contributed by atoms with Gasteiger partial charge in [0.1, 0.15) is 23.2 Å². The van der Waals surface area contributed by atoms with Gasteiger partial charge in [-0.25, -0.2) is 13.6 Å². The van der Waals surface area contributed by atoms with Crippen molar-refractivity contribution in [3.63, 3.8) is 0 Å². The quantitative estimate of drug-likeness (QED) is 0.579. The van der Waals surface area contributed by atoms with E-state index in [-0.39, 0.29) is 6.61 Å². The summed E-state index contributed by atoms with van der Waals surface area (Å²) in [5, 5.41) is 5.04. The lowest BCUT2D eigenvalue weighted by Crippen LogP contribution is -2.32. The first-order valence-electron chi connectivity index (χ1n) is 9.80. The number of esters is 2. The van der Waals surface area contributed by atoms with E-state index in [0.717, 1.165) is 41.8 Å². The number of thiophene rings is 1. The fourth-order valence-electron chi connectivity index (χ4n) is 3.19. The predicted octanol–water partition coefficient (Wildman–Crippen LogP) is 2.60. The van der Waals surface area contributed by atoms with Gasteiger partial charge in [-0.15, -0.1) is 11.3 Å². The first-order chi connectivity index (χ1) is 15.3. The zero-order valence-corrected chi connectivity index (χ0v) is 17.9. The Morgan fingerprint density at radius 3 is 2.62 bits per heavy atom. The first-order valence-corrected chi connectivity index (χ1v) is 10.6. The lowest BCUT2D eigenvalue weighted by Gasteiger charge is -2.09. The zero-order chi connectivity index (χ0) is 23.3. The van der Waals surface area contributed by atoms with E-state index in [1.54, 1.807) is 6.92 Å². The number of aryl methyl sites for hydroxylation is 1. The van der Waals surface area contributed by atoms with Crippen LogP contribution in [-0.2, 0) is 31.9 Å². The van der Waals surface area contributed by atoms with Gasteiger partial charge in [-0.1, -0.05) is 0 Å². The van der Waals surface area contributed by atoms with Crippen molar-refractivity contribution in [2.45, 2.75) is 26.2 Å².